The molecule has 1 atom stereocenters. The summed E-state index contributed by atoms with van der Waals surface area (Å²) in [7, 11) is 0. The minimum atomic E-state index is -0.301. The highest BCUT2D eigenvalue weighted by Gasteiger charge is 2.58. The lowest BCUT2D eigenvalue weighted by Crippen LogP contribution is -2.58. The summed E-state index contributed by atoms with van der Waals surface area (Å²) >= 11 is 0. The van der Waals surface area contributed by atoms with Crippen LogP contribution in [0, 0.1) is 23.2 Å². The van der Waals surface area contributed by atoms with Crippen molar-refractivity contribution in [3.63, 3.8) is 0 Å². The summed E-state index contributed by atoms with van der Waals surface area (Å²) in [6.07, 6.45) is 10.2. The fraction of sp³-hybridized carbons (Fsp3) is 0.944. The topological polar surface area (TPSA) is 38.3 Å². The molecule has 5 aliphatic rings. The molecule has 1 heterocycles. The van der Waals surface area contributed by atoms with Gasteiger partial charge in [0.2, 0.25) is 0 Å². The van der Waals surface area contributed by atoms with Gasteiger partial charge in [0.05, 0.1) is 0 Å². The minimum absolute atomic E-state index is 0.00625. The quantitative estimate of drug-likeness (QED) is 0.811. The van der Waals surface area contributed by atoms with E-state index in [1.807, 2.05) is 0 Å². The smallest absolute Gasteiger partial charge is 0.323 e. The summed E-state index contributed by atoms with van der Waals surface area (Å²) in [5, 5.41) is 3.28. The number of carbonyl (C=O) groups excluding carboxylic acids is 1. The van der Waals surface area contributed by atoms with Crippen molar-refractivity contribution >= 4 is 5.97 Å². The first-order valence-corrected chi connectivity index (χ1v) is 8.94. The summed E-state index contributed by atoms with van der Waals surface area (Å²) in [4.78, 5) is 12.5. The third-order valence-electron chi connectivity index (χ3n) is 7.02. The lowest BCUT2D eigenvalue weighted by Gasteiger charge is -2.61. The molecule has 0 aromatic rings. The zero-order valence-corrected chi connectivity index (χ0v) is 13.5. The van der Waals surface area contributed by atoms with Crippen molar-refractivity contribution in [2.24, 2.45) is 23.2 Å². The number of rotatable bonds is 3. The average Bonchev–Trinajstić information content (AvgIpc) is 2.90. The molecule has 0 aromatic carbocycles. The minimum Gasteiger partial charge on any atom is -0.458 e. The van der Waals surface area contributed by atoms with Gasteiger partial charge < -0.3 is 10.1 Å². The van der Waals surface area contributed by atoms with E-state index in [4.69, 9.17) is 4.74 Å². The molecule has 0 aromatic heterocycles. The highest BCUT2D eigenvalue weighted by Crippen LogP contribution is 2.64. The Hall–Kier alpha value is -0.570. The largest absolute Gasteiger partial charge is 0.458 e. The maximum atomic E-state index is 12.5. The Labute approximate surface area is 128 Å². The Kier molecular flexibility index (Phi) is 3.15. The Bertz CT molecular complexity index is 401. The molecule has 0 unspecified atom stereocenters. The van der Waals surface area contributed by atoms with Crippen molar-refractivity contribution in [2.75, 3.05) is 6.54 Å². The molecule has 0 radical (unpaired) electrons. The molecule has 1 saturated heterocycles. The Morgan fingerprint density at radius 3 is 2.14 bits per heavy atom. The monoisotopic (exact) mass is 291 g/mol. The molecular weight excluding hydrogens is 262 g/mol. The van der Waals surface area contributed by atoms with Gasteiger partial charge in [-0.05, 0) is 89.5 Å². The van der Waals surface area contributed by atoms with Crippen LogP contribution in [-0.4, -0.2) is 24.2 Å². The van der Waals surface area contributed by atoms with Gasteiger partial charge in [0.25, 0.3) is 0 Å². The van der Waals surface area contributed by atoms with Crippen LogP contribution in [0.4, 0.5) is 0 Å². The second-order valence-electron chi connectivity index (χ2n) is 8.78. The lowest BCUT2D eigenvalue weighted by molar-refractivity contribution is -0.200. The molecule has 3 heteroatoms. The summed E-state index contributed by atoms with van der Waals surface area (Å²) in [6, 6.07) is -0.0572. The zero-order chi connectivity index (χ0) is 14.7. The average molecular weight is 291 g/mol. The third-order valence-corrected chi connectivity index (χ3v) is 7.02. The van der Waals surface area contributed by atoms with Crippen molar-refractivity contribution in [1.82, 2.24) is 5.32 Å². The first-order chi connectivity index (χ1) is 9.97. The maximum absolute atomic E-state index is 12.5. The number of ether oxygens (including phenoxy) is 1. The fourth-order valence-electron chi connectivity index (χ4n) is 6.16. The van der Waals surface area contributed by atoms with Crippen LogP contribution in [0.2, 0.25) is 0 Å². The van der Waals surface area contributed by atoms with Crippen LogP contribution in [0.5, 0.6) is 0 Å². The van der Waals surface area contributed by atoms with Gasteiger partial charge in [-0.15, -0.1) is 0 Å². The highest BCUT2D eigenvalue weighted by molar-refractivity contribution is 5.76. The van der Waals surface area contributed by atoms with E-state index in [0.29, 0.717) is 0 Å². The maximum Gasteiger partial charge on any atom is 0.323 e. The molecule has 5 rings (SSSR count). The highest BCUT2D eigenvalue weighted by atomic mass is 16.6. The fourth-order valence-corrected chi connectivity index (χ4v) is 6.16. The van der Waals surface area contributed by atoms with E-state index in [9.17, 15) is 4.79 Å². The number of nitrogens with one attached hydrogen (secondary N) is 1. The van der Waals surface area contributed by atoms with Crippen LogP contribution in [0.15, 0.2) is 0 Å². The number of hydrogen-bond acceptors (Lipinski definition) is 3. The number of carbonyl (C=O) groups is 1. The molecule has 21 heavy (non-hydrogen) atoms. The summed E-state index contributed by atoms with van der Waals surface area (Å²) in [6.45, 7) is 5.33. The van der Waals surface area contributed by atoms with Crippen LogP contribution >= 0.6 is 0 Å². The predicted molar refractivity (Wildman–Crippen MR) is 81.8 cm³/mol. The van der Waals surface area contributed by atoms with E-state index in [-0.39, 0.29) is 23.0 Å². The van der Waals surface area contributed by atoms with E-state index in [2.05, 4.69) is 19.2 Å². The Balaban J connectivity index is 1.52. The predicted octanol–water partition coefficient (Wildman–Crippen LogP) is 3.28. The Morgan fingerprint density at radius 1 is 1.10 bits per heavy atom. The van der Waals surface area contributed by atoms with Crippen molar-refractivity contribution in [1.29, 1.82) is 0 Å². The normalized spacial score (nSPS) is 45.0. The van der Waals surface area contributed by atoms with Crippen LogP contribution in [-0.2, 0) is 9.53 Å². The summed E-state index contributed by atoms with van der Waals surface area (Å²) in [5.41, 5.74) is -0.0413. The van der Waals surface area contributed by atoms with Gasteiger partial charge >= 0.3 is 5.97 Å². The van der Waals surface area contributed by atoms with E-state index < -0.39 is 0 Å². The van der Waals surface area contributed by atoms with Gasteiger partial charge in [-0.1, -0.05) is 0 Å². The molecule has 3 nitrogen and oxygen atoms in total. The SMILES string of the molecule is CC(C)(OC(=O)[C@@H]1CCCN1)C12CC3CC(CC(C3)C1)C2. The van der Waals surface area contributed by atoms with Gasteiger partial charge in [0, 0.05) is 5.41 Å². The van der Waals surface area contributed by atoms with Crippen molar-refractivity contribution < 1.29 is 9.53 Å². The van der Waals surface area contributed by atoms with Gasteiger partial charge in [0.15, 0.2) is 0 Å². The molecule has 4 aliphatic carbocycles. The van der Waals surface area contributed by atoms with Gasteiger partial charge in [0.1, 0.15) is 11.6 Å². The van der Waals surface area contributed by atoms with Gasteiger partial charge in [-0.25, -0.2) is 0 Å². The van der Waals surface area contributed by atoms with Gasteiger partial charge in [-0.2, -0.15) is 0 Å². The molecule has 5 fully saturated rings. The molecule has 4 bridgehead atoms. The first-order valence-electron chi connectivity index (χ1n) is 8.94. The standard InChI is InChI=1S/C18H29NO2/c1-17(2,21-16(20)15-4-3-5-19-15)18-9-12-6-13(10-18)8-14(7-12)11-18/h12-15,19H,3-11H2,1-2H3/t12?,13?,14?,15-,18?/m0/s1. The van der Waals surface area contributed by atoms with Crippen LogP contribution in [0.3, 0.4) is 0 Å². The van der Waals surface area contributed by atoms with E-state index >= 15 is 0 Å². The van der Waals surface area contributed by atoms with E-state index in [1.165, 1.54) is 38.5 Å². The molecule has 118 valence electrons. The van der Waals surface area contributed by atoms with Gasteiger partial charge in [-0.3, -0.25) is 4.79 Å². The summed E-state index contributed by atoms with van der Waals surface area (Å²) < 4.78 is 6.11. The van der Waals surface area contributed by atoms with E-state index in [0.717, 1.165) is 37.1 Å². The second-order valence-corrected chi connectivity index (χ2v) is 8.78. The lowest BCUT2D eigenvalue weighted by atomic mass is 9.46. The number of hydrogen-bond donors (Lipinski definition) is 1. The third kappa shape index (κ3) is 2.23. The molecule has 1 N–H and O–H groups in total. The van der Waals surface area contributed by atoms with Crippen molar-refractivity contribution in [2.45, 2.75) is 76.9 Å². The first kappa shape index (κ1) is 14.0. The zero-order valence-electron chi connectivity index (χ0n) is 13.5. The molecule has 4 saturated carbocycles. The number of esters is 1. The summed E-state index contributed by atoms with van der Waals surface area (Å²) in [5.74, 6) is 2.70. The van der Waals surface area contributed by atoms with Crippen LogP contribution in [0.1, 0.15) is 65.2 Å². The van der Waals surface area contributed by atoms with Crippen LogP contribution in [0.25, 0.3) is 0 Å². The molecular formula is C18H29NO2. The molecule has 0 spiro atoms. The van der Waals surface area contributed by atoms with Crippen molar-refractivity contribution in [3.8, 4) is 0 Å². The van der Waals surface area contributed by atoms with Crippen LogP contribution < -0.4 is 5.32 Å². The van der Waals surface area contributed by atoms with E-state index in [1.54, 1.807) is 0 Å². The van der Waals surface area contributed by atoms with Crippen molar-refractivity contribution in [3.05, 3.63) is 0 Å². The molecule has 0 amide bonds. The second kappa shape index (κ2) is 4.71. The molecule has 1 aliphatic heterocycles. The Morgan fingerprint density at radius 2 is 1.67 bits per heavy atom.